The summed E-state index contributed by atoms with van der Waals surface area (Å²) >= 11 is 0. The van der Waals surface area contributed by atoms with Gasteiger partial charge >= 0.3 is 6.18 Å². The first-order chi connectivity index (χ1) is 20.0. The predicted octanol–water partition coefficient (Wildman–Crippen LogP) is 4.96. The lowest BCUT2D eigenvalue weighted by atomic mass is 10.0. The number of pyridine rings is 1. The Morgan fingerprint density at radius 2 is 1.76 bits per heavy atom. The number of carbonyl (C=O) groups is 1. The zero-order chi connectivity index (χ0) is 30.1. The second kappa shape index (κ2) is 11.5. The van der Waals surface area contributed by atoms with Gasteiger partial charge in [-0.1, -0.05) is 6.07 Å². The van der Waals surface area contributed by atoms with Gasteiger partial charge in [0.1, 0.15) is 5.56 Å². The van der Waals surface area contributed by atoms with Gasteiger partial charge in [-0.05, 0) is 61.5 Å². The largest absolute Gasteiger partial charge is 0.416 e. The van der Waals surface area contributed by atoms with Gasteiger partial charge in [-0.3, -0.25) is 14.2 Å². The Morgan fingerprint density at radius 1 is 1.05 bits per heavy atom. The average Bonchev–Trinajstić information content (AvgIpc) is 3.61. The van der Waals surface area contributed by atoms with Gasteiger partial charge in [0, 0.05) is 48.4 Å². The number of rotatable bonds is 8. The molecule has 1 amide bonds. The highest BCUT2D eigenvalue weighted by Gasteiger charge is 2.31. The van der Waals surface area contributed by atoms with Gasteiger partial charge in [0.2, 0.25) is 0 Å². The van der Waals surface area contributed by atoms with E-state index in [1.807, 2.05) is 0 Å². The summed E-state index contributed by atoms with van der Waals surface area (Å²) in [6, 6.07) is 14.8. The Morgan fingerprint density at radius 3 is 2.45 bits per heavy atom. The Kier molecular flexibility index (Phi) is 7.96. The van der Waals surface area contributed by atoms with Crippen LogP contribution in [0.15, 0.2) is 71.7 Å². The highest BCUT2D eigenvalue weighted by atomic mass is 19.4. The van der Waals surface area contributed by atoms with Crippen LogP contribution in [0, 0.1) is 6.92 Å². The summed E-state index contributed by atoms with van der Waals surface area (Å²) in [4.78, 5) is 27.2. The molecule has 0 spiro atoms. The smallest absolute Gasteiger partial charge is 0.399 e. The van der Waals surface area contributed by atoms with Crippen molar-refractivity contribution >= 4 is 11.6 Å². The minimum absolute atomic E-state index is 0.00762. The number of alkyl halides is 3. The Balaban J connectivity index is 1.57. The van der Waals surface area contributed by atoms with E-state index < -0.39 is 23.2 Å². The van der Waals surface area contributed by atoms with Gasteiger partial charge in [0.05, 0.1) is 49.8 Å². The number of carbonyl (C=O) groups excluding carboxylic acids is 1. The van der Waals surface area contributed by atoms with E-state index in [1.165, 1.54) is 31.0 Å². The Hall–Kier alpha value is -4.38. The number of nitrogens with one attached hydrogen (secondary N) is 1. The molecular weight excluding hydrogens is 545 g/mol. The van der Waals surface area contributed by atoms with Crippen molar-refractivity contribution in [3.8, 4) is 22.6 Å². The van der Waals surface area contributed by atoms with E-state index in [2.05, 4.69) is 17.5 Å². The third-order valence-electron chi connectivity index (χ3n) is 7.99. The van der Waals surface area contributed by atoms with Crippen LogP contribution in [-0.2, 0) is 6.18 Å². The molecule has 3 N–H and O–H groups in total. The summed E-state index contributed by atoms with van der Waals surface area (Å²) in [5.74, 6) is -0.579. The van der Waals surface area contributed by atoms with Crippen molar-refractivity contribution in [3.05, 3.63) is 94.0 Å². The maximum absolute atomic E-state index is 13.8. The monoisotopic (exact) mass is 579 g/mol. The van der Waals surface area contributed by atoms with Crippen molar-refractivity contribution in [1.29, 1.82) is 0 Å². The summed E-state index contributed by atoms with van der Waals surface area (Å²) in [5.41, 5.74) is 6.74. The number of hydrogen-bond acceptors (Lipinski definition) is 4. The van der Waals surface area contributed by atoms with Crippen molar-refractivity contribution in [2.75, 3.05) is 39.0 Å². The first kappa shape index (κ1) is 29.1. The van der Waals surface area contributed by atoms with Crippen LogP contribution >= 0.6 is 0 Å². The zero-order valence-electron chi connectivity index (χ0n) is 23.6. The molecule has 8 nitrogen and oxygen atoms in total. The molecule has 2 aromatic carbocycles. The molecular formula is C31H34F3N6O2+. The molecule has 5 rings (SSSR count). The molecule has 0 aliphatic carbocycles. The number of aromatic nitrogens is 3. The number of halogens is 3. The van der Waals surface area contributed by atoms with Crippen LogP contribution in [0.25, 0.3) is 22.6 Å². The lowest BCUT2D eigenvalue weighted by Gasteiger charge is -2.29. The SMILES string of the molecule is Cc1c(-c2ccnn2-c2ccc(N)cc2)cc(C(=O)NCCC[N+]2(C)CCCC2)c(=O)n1-c1cccc(C(F)(F)F)c1. The molecule has 0 bridgehead atoms. The van der Waals surface area contributed by atoms with Crippen LogP contribution in [-0.4, -0.2) is 58.0 Å². The second-order valence-corrected chi connectivity index (χ2v) is 11.1. The molecule has 11 heteroatoms. The van der Waals surface area contributed by atoms with E-state index in [-0.39, 0.29) is 11.3 Å². The first-order valence-corrected chi connectivity index (χ1v) is 13.9. The molecule has 1 fully saturated rings. The molecule has 2 aromatic heterocycles. The number of nitrogens with two attached hydrogens (primary N) is 1. The van der Waals surface area contributed by atoms with Crippen molar-refractivity contribution < 1.29 is 22.4 Å². The number of nitrogens with zero attached hydrogens (tertiary/aromatic N) is 4. The summed E-state index contributed by atoms with van der Waals surface area (Å²) in [7, 11) is 2.21. The van der Waals surface area contributed by atoms with Crippen molar-refractivity contribution in [1.82, 2.24) is 19.7 Å². The fraction of sp³-hybridized carbons (Fsp3) is 0.323. The highest BCUT2D eigenvalue weighted by Crippen LogP contribution is 2.32. The molecule has 3 heterocycles. The van der Waals surface area contributed by atoms with E-state index in [4.69, 9.17) is 5.73 Å². The fourth-order valence-electron chi connectivity index (χ4n) is 5.67. The number of anilines is 1. The topological polar surface area (TPSA) is 94.9 Å². The molecule has 220 valence electrons. The van der Waals surface area contributed by atoms with Crippen molar-refractivity contribution in [3.63, 3.8) is 0 Å². The van der Waals surface area contributed by atoms with Gasteiger partial charge < -0.3 is 15.5 Å². The van der Waals surface area contributed by atoms with Crippen LogP contribution in [0.2, 0.25) is 0 Å². The van der Waals surface area contributed by atoms with Gasteiger partial charge in [-0.15, -0.1) is 0 Å². The molecule has 1 saturated heterocycles. The van der Waals surface area contributed by atoms with E-state index in [1.54, 1.807) is 48.1 Å². The van der Waals surface area contributed by atoms with E-state index >= 15 is 0 Å². The van der Waals surface area contributed by atoms with Crippen LogP contribution < -0.4 is 16.6 Å². The number of likely N-dealkylation sites (tertiary alicyclic amines) is 1. The normalized spacial score (nSPS) is 14.7. The fourth-order valence-corrected chi connectivity index (χ4v) is 5.67. The maximum atomic E-state index is 13.8. The van der Waals surface area contributed by atoms with Crippen LogP contribution in [0.5, 0.6) is 0 Å². The number of benzene rings is 2. The van der Waals surface area contributed by atoms with Gasteiger partial charge in [-0.2, -0.15) is 18.3 Å². The van der Waals surface area contributed by atoms with Crippen LogP contribution in [0.4, 0.5) is 18.9 Å². The molecule has 0 atom stereocenters. The molecule has 42 heavy (non-hydrogen) atoms. The van der Waals surface area contributed by atoms with Crippen LogP contribution in [0.1, 0.15) is 40.9 Å². The highest BCUT2D eigenvalue weighted by molar-refractivity contribution is 5.95. The second-order valence-electron chi connectivity index (χ2n) is 11.1. The molecule has 4 aromatic rings. The van der Waals surface area contributed by atoms with Crippen molar-refractivity contribution in [2.24, 2.45) is 0 Å². The van der Waals surface area contributed by atoms with Crippen molar-refractivity contribution in [2.45, 2.75) is 32.4 Å². The van der Waals surface area contributed by atoms with E-state index in [0.717, 1.165) is 47.2 Å². The predicted molar refractivity (Wildman–Crippen MR) is 156 cm³/mol. The number of nitrogen functional groups attached to an aromatic ring is 1. The Labute approximate surface area is 241 Å². The zero-order valence-corrected chi connectivity index (χ0v) is 23.6. The summed E-state index contributed by atoms with van der Waals surface area (Å²) in [6.07, 6.45) is 0.0980. The summed E-state index contributed by atoms with van der Waals surface area (Å²) in [5, 5.41) is 7.28. The lowest BCUT2D eigenvalue weighted by Crippen LogP contribution is -2.43. The summed E-state index contributed by atoms with van der Waals surface area (Å²) in [6.45, 7) is 5.15. The standard InChI is InChI=1S/C31H33F3N6O2/c1-21-26(28-13-15-37-39(28)24-11-9-23(35)10-12-24)20-27(29(41)36-14-6-18-40(2)16-3-4-17-40)30(42)38(21)25-8-5-7-22(19-25)31(32,33)34/h5,7-13,15,19-20H,3-4,6,14,16-18,35H2,1-2H3/p+1. The first-order valence-electron chi connectivity index (χ1n) is 13.9. The Bertz CT molecular complexity index is 1650. The number of amides is 1. The minimum atomic E-state index is -4.60. The molecule has 0 saturated carbocycles. The third-order valence-corrected chi connectivity index (χ3v) is 7.99. The molecule has 1 aliphatic rings. The summed E-state index contributed by atoms with van der Waals surface area (Å²) < 4.78 is 44.6. The van der Waals surface area contributed by atoms with Crippen LogP contribution in [0.3, 0.4) is 0 Å². The van der Waals surface area contributed by atoms with E-state index in [0.29, 0.717) is 34.9 Å². The van der Waals surface area contributed by atoms with Gasteiger partial charge in [0.15, 0.2) is 0 Å². The average molecular weight is 580 g/mol. The molecule has 0 radical (unpaired) electrons. The molecule has 1 aliphatic heterocycles. The minimum Gasteiger partial charge on any atom is -0.399 e. The quantitative estimate of drug-likeness (QED) is 0.175. The number of quaternary nitrogens is 1. The maximum Gasteiger partial charge on any atom is 0.416 e. The third kappa shape index (κ3) is 5.96. The van der Waals surface area contributed by atoms with Gasteiger partial charge in [-0.25, -0.2) is 4.68 Å². The number of hydrogen-bond donors (Lipinski definition) is 2. The van der Waals surface area contributed by atoms with Gasteiger partial charge in [0.25, 0.3) is 11.5 Å². The lowest BCUT2D eigenvalue weighted by molar-refractivity contribution is -0.897. The molecule has 0 unspecified atom stereocenters. The van der Waals surface area contributed by atoms with E-state index in [9.17, 15) is 22.8 Å².